The summed E-state index contributed by atoms with van der Waals surface area (Å²) in [5.74, 6) is 1.59. The molecule has 8 heteroatoms. The van der Waals surface area contributed by atoms with Crippen LogP contribution >= 0.6 is 0 Å². The first-order chi connectivity index (χ1) is 16.1. The van der Waals surface area contributed by atoms with E-state index in [9.17, 15) is 4.79 Å². The smallest absolute Gasteiger partial charge is 0.324 e. The van der Waals surface area contributed by atoms with Crippen LogP contribution in [0.15, 0.2) is 67.1 Å². The zero-order valence-corrected chi connectivity index (χ0v) is 20.2. The van der Waals surface area contributed by atoms with Gasteiger partial charge in [0.2, 0.25) is 0 Å². The second-order valence-electron chi connectivity index (χ2n) is 9.64. The number of nitrogens with two attached hydrogens (primary N) is 1. The summed E-state index contributed by atoms with van der Waals surface area (Å²) in [5.41, 5.74) is 10.3. The lowest BCUT2D eigenvalue weighted by Gasteiger charge is -2.14. The molecule has 2 amide bonds. The molecule has 0 bridgehead atoms. The Balaban J connectivity index is 1.54. The molecule has 8 nitrogen and oxygen atoms in total. The van der Waals surface area contributed by atoms with Crippen molar-refractivity contribution >= 4 is 23.4 Å². The zero-order chi connectivity index (χ0) is 24.5. The van der Waals surface area contributed by atoms with E-state index in [4.69, 9.17) is 10.8 Å². The number of rotatable bonds is 5. The molecule has 0 atom stereocenters. The maximum Gasteiger partial charge on any atom is 0.324 e. The first kappa shape index (κ1) is 23.1. The fourth-order valence-electron chi connectivity index (χ4n) is 3.54. The van der Waals surface area contributed by atoms with Crippen LogP contribution in [0.25, 0.3) is 11.4 Å². The second kappa shape index (κ2) is 9.05. The number of imidazole rings is 1. The van der Waals surface area contributed by atoms with E-state index >= 15 is 0 Å². The van der Waals surface area contributed by atoms with E-state index in [1.54, 1.807) is 21.8 Å². The summed E-state index contributed by atoms with van der Waals surface area (Å²) in [5, 5.41) is 10.6. The average Bonchev–Trinajstić information content (AvgIpc) is 3.40. The number of nitrogens with one attached hydrogen (secondary N) is 2. The number of urea groups is 1. The third kappa shape index (κ3) is 4.96. The van der Waals surface area contributed by atoms with E-state index in [-0.39, 0.29) is 11.4 Å². The largest absolute Gasteiger partial charge is 0.383 e. The van der Waals surface area contributed by atoms with Gasteiger partial charge in [0.05, 0.1) is 17.6 Å². The Morgan fingerprint density at radius 3 is 2.18 bits per heavy atom. The second-order valence-corrected chi connectivity index (χ2v) is 9.64. The van der Waals surface area contributed by atoms with Crippen molar-refractivity contribution in [3.8, 4) is 11.4 Å². The third-order valence-electron chi connectivity index (χ3n) is 5.59. The van der Waals surface area contributed by atoms with Gasteiger partial charge < -0.3 is 11.1 Å². The Morgan fingerprint density at radius 1 is 0.971 bits per heavy atom. The van der Waals surface area contributed by atoms with E-state index in [1.807, 2.05) is 42.5 Å². The molecule has 0 unspecified atom stereocenters. The van der Waals surface area contributed by atoms with Gasteiger partial charge in [-0.3, -0.25) is 9.88 Å². The van der Waals surface area contributed by atoms with Gasteiger partial charge in [0, 0.05) is 22.9 Å². The minimum absolute atomic E-state index is 0.166. The summed E-state index contributed by atoms with van der Waals surface area (Å²) in [6, 6.07) is 17.2. The number of nitrogens with zero attached hydrogens (tertiary/aromatic N) is 4. The quantitative estimate of drug-likeness (QED) is 0.357. The highest BCUT2D eigenvalue weighted by Crippen LogP contribution is 2.27. The van der Waals surface area contributed by atoms with Crippen molar-refractivity contribution < 1.29 is 4.79 Å². The molecule has 4 rings (SSSR count). The number of anilines is 3. The summed E-state index contributed by atoms with van der Waals surface area (Å²) in [7, 11) is 0. The Morgan fingerprint density at radius 2 is 1.62 bits per heavy atom. The topological polar surface area (TPSA) is 103 Å². The number of nitrogen functional groups attached to an aromatic ring is 1. The number of carbonyl (C=O) groups excluding carboxylic acids is 1. The molecule has 0 spiro atoms. The number of benzene rings is 2. The molecule has 0 aliphatic heterocycles. The zero-order valence-electron chi connectivity index (χ0n) is 20.2. The predicted molar refractivity (Wildman–Crippen MR) is 137 cm³/mol. The van der Waals surface area contributed by atoms with Crippen molar-refractivity contribution in [2.45, 2.75) is 46.0 Å². The molecule has 0 saturated carbocycles. The fourth-order valence-corrected chi connectivity index (χ4v) is 3.54. The van der Waals surface area contributed by atoms with Gasteiger partial charge in [0.1, 0.15) is 18.0 Å². The molecule has 0 saturated heterocycles. The van der Waals surface area contributed by atoms with E-state index < -0.39 is 0 Å². The highest BCUT2D eigenvalue weighted by Gasteiger charge is 2.21. The van der Waals surface area contributed by atoms with Crippen molar-refractivity contribution in [1.29, 1.82) is 0 Å². The molecule has 2 aromatic heterocycles. The van der Waals surface area contributed by atoms with Crippen molar-refractivity contribution in [1.82, 2.24) is 19.3 Å². The van der Waals surface area contributed by atoms with Crippen molar-refractivity contribution in [3.63, 3.8) is 0 Å². The first-order valence-electron chi connectivity index (χ1n) is 11.3. The van der Waals surface area contributed by atoms with Crippen LogP contribution in [0.3, 0.4) is 0 Å². The van der Waals surface area contributed by atoms with E-state index in [2.05, 4.69) is 62.4 Å². The van der Waals surface area contributed by atoms with Gasteiger partial charge in [-0.2, -0.15) is 5.10 Å². The minimum Gasteiger partial charge on any atom is -0.383 e. The van der Waals surface area contributed by atoms with Crippen LogP contribution in [0.2, 0.25) is 0 Å². The normalized spacial score (nSPS) is 11.6. The molecule has 2 aromatic carbocycles. The SMILES string of the molecule is CC(C)c1ccc(-n2nc(C(C)(C)C)cc2NC(=O)Nc2ccc(-n3cncc3N)cc2)cc1. The number of hydrogen-bond donors (Lipinski definition) is 3. The van der Waals surface area contributed by atoms with E-state index in [0.717, 1.165) is 17.1 Å². The van der Waals surface area contributed by atoms with Crippen LogP contribution < -0.4 is 16.4 Å². The van der Waals surface area contributed by atoms with Crippen molar-refractivity contribution in [2.24, 2.45) is 0 Å². The van der Waals surface area contributed by atoms with Gasteiger partial charge in [0.25, 0.3) is 0 Å². The molecule has 0 radical (unpaired) electrons. The lowest BCUT2D eigenvalue weighted by molar-refractivity contribution is 0.262. The first-order valence-corrected chi connectivity index (χ1v) is 11.3. The van der Waals surface area contributed by atoms with Crippen molar-refractivity contribution in [3.05, 3.63) is 78.4 Å². The molecule has 0 fully saturated rings. The summed E-state index contributed by atoms with van der Waals surface area (Å²) in [4.78, 5) is 16.9. The fraction of sp³-hybridized carbons (Fsp3) is 0.269. The summed E-state index contributed by atoms with van der Waals surface area (Å²) in [6.45, 7) is 10.6. The molecule has 4 aromatic rings. The monoisotopic (exact) mass is 457 g/mol. The average molecular weight is 458 g/mol. The van der Waals surface area contributed by atoms with Crippen LogP contribution in [-0.4, -0.2) is 25.4 Å². The summed E-state index contributed by atoms with van der Waals surface area (Å²) < 4.78 is 3.54. The summed E-state index contributed by atoms with van der Waals surface area (Å²) >= 11 is 0. The van der Waals surface area contributed by atoms with Gasteiger partial charge >= 0.3 is 6.03 Å². The minimum atomic E-state index is -0.352. The number of amides is 2. The van der Waals surface area contributed by atoms with Crippen LogP contribution in [0, 0.1) is 0 Å². The lowest BCUT2D eigenvalue weighted by atomic mass is 9.92. The number of carbonyl (C=O) groups is 1. The lowest BCUT2D eigenvalue weighted by Crippen LogP contribution is -2.21. The van der Waals surface area contributed by atoms with E-state index in [1.165, 1.54) is 5.56 Å². The number of aromatic nitrogens is 4. The molecule has 176 valence electrons. The molecule has 0 aliphatic carbocycles. The Hall–Kier alpha value is -4.07. The van der Waals surface area contributed by atoms with Crippen LogP contribution in [0.1, 0.15) is 51.8 Å². The predicted octanol–water partition coefficient (Wildman–Crippen LogP) is 5.71. The molecular formula is C26H31N7O. The van der Waals surface area contributed by atoms with Gasteiger partial charge in [-0.05, 0) is 47.9 Å². The maximum atomic E-state index is 12.8. The van der Waals surface area contributed by atoms with Crippen LogP contribution in [-0.2, 0) is 5.41 Å². The van der Waals surface area contributed by atoms with Gasteiger partial charge in [-0.15, -0.1) is 0 Å². The van der Waals surface area contributed by atoms with Gasteiger partial charge in [-0.1, -0.05) is 46.8 Å². The Labute approximate surface area is 199 Å². The third-order valence-corrected chi connectivity index (χ3v) is 5.59. The summed E-state index contributed by atoms with van der Waals surface area (Å²) in [6.07, 6.45) is 3.23. The highest BCUT2D eigenvalue weighted by molar-refractivity contribution is 5.99. The molecule has 2 heterocycles. The number of hydrogen-bond acceptors (Lipinski definition) is 4. The standard InChI is InChI=1S/C26H31N7O/c1-17(2)18-6-10-21(11-7-18)33-24(14-22(31-33)26(3,4)5)30-25(34)29-19-8-12-20(13-9-19)32-16-28-15-23(32)27/h6-17H,27H2,1-5H3,(H2,29,30,34). The molecule has 0 aliphatic rings. The van der Waals surface area contributed by atoms with Crippen LogP contribution in [0.4, 0.5) is 22.1 Å². The highest BCUT2D eigenvalue weighted by atomic mass is 16.2. The maximum absolute atomic E-state index is 12.8. The van der Waals surface area contributed by atoms with E-state index in [0.29, 0.717) is 23.2 Å². The van der Waals surface area contributed by atoms with Crippen LogP contribution in [0.5, 0.6) is 0 Å². The Kier molecular flexibility index (Phi) is 6.15. The molecule has 34 heavy (non-hydrogen) atoms. The van der Waals surface area contributed by atoms with Gasteiger partial charge in [-0.25, -0.2) is 14.5 Å². The van der Waals surface area contributed by atoms with Crippen molar-refractivity contribution in [2.75, 3.05) is 16.4 Å². The van der Waals surface area contributed by atoms with Gasteiger partial charge in [0.15, 0.2) is 0 Å². The molecular weight excluding hydrogens is 426 g/mol. The Bertz CT molecular complexity index is 1280. The molecule has 4 N–H and O–H groups in total.